The number of rotatable bonds is 5. The Morgan fingerprint density at radius 3 is 2.63 bits per heavy atom. The van der Waals surface area contributed by atoms with Crippen LogP contribution in [0.5, 0.6) is 5.75 Å². The van der Waals surface area contributed by atoms with Crippen LogP contribution in [0.1, 0.15) is 9.23 Å². The molecule has 4 aromatic rings. The third-order valence-electron chi connectivity index (χ3n) is 4.05. The molecule has 134 valence electrons. The minimum absolute atomic E-state index is 0.143. The normalized spacial score (nSPS) is 10.7. The first-order valence-corrected chi connectivity index (χ1v) is 9.84. The van der Waals surface area contributed by atoms with E-state index in [-0.39, 0.29) is 14.5 Å². The van der Waals surface area contributed by atoms with Crippen LogP contribution in [-0.4, -0.2) is 42.7 Å². The molecule has 0 fully saturated rings. The predicted molar refractivity (Wildman–Crippen MR) is 105 cm³/mol. The topological polar surface area (TPSA) is 84.3 Å². The molecule has 2 aromatic heterocycles. The van der Waals surface area contributed by atoms with Crippen molar-refractivity contribution in [2.24, 2.45) is 0 Å². The number of aromatic nitrogens is 2. The Balaban J connectivity index is 1.60. The van der Waals surface area contributed by atoms with E-state index in [0.29, 0.717) is 10.3 Å². The van der Waals surface area contributed by atoms with Crippen molar-refractivity contribution in [3.8, 4) is 17.0 Å². The van der Waals surface area contributed by atoms with E-state index in [1.54, 1.807) is 13.2 Å². The molecule has 0 unspecified atom stereocenters. The van der Waals surface area contributed by atoms with Crippen LogP contribution in [0.15, 0.2) is 60.9 Å². The first kappa shape index (κ1) is 17.3. The van der Waals surface area contributed by atoms with E-state index < -0.39 is 5.97 Å². The first-order valence-electron chi connectivity index (χ1n) is 8.13. The second-order valence-corrected chi connectivity index (χ2v) is 8.08. The third-order valence-corrected chi connectivity index (χ3v) is 6.37. The number of carboxylic acid groups (broad SMARTS) is 1. The van der Waals surface area contributed by atoms with Gasteiger partial charge in [-0.1, -0.05) is 0 Å². The van der Waals surface area contributed by atoms with Gasteiger partial charge in [-0.3, -0.25) is 0 Å². The molecule has 0 aliphatic carbocycles. The molecule has 0 amide bonds. The average molecular weight is 424 g/mol. The second-order valence-electron chi connectivity index (χ2n) is 5.81. The molecule has 4 rings (SSSR count). The van der Waals surface area contributed by atoms with Gasteiger partial charge in [0.05, 0.1) is 7.11 Å². The van der Waals surface area contributed by atoms with Gasteiger partial charge in [-0.2, -0.15) is 0 Å². The molecule has 0 spiro atoms. The number of ether oxygens (including phenoxy) is 1. The number of aromatic carboxylic acids is 1. The number of nitrogens with one attached hydrogen (secondary N) is 1. The Morgan fingerprint density at radius 2 is 1.89 bits per heavy atom. The zero-order chi connectivity index (χ0) is 18.8. The number of fused-ring (bicyclic) bond motifs is 1. The third kappa shape index (κ3) is 3.69. The zero-order valence-electron chi connectivity index (χ0n) is 14.3. The van der Waals surface area contributed by atoms with Crippen LogP contribution < -0.4 is 10.1 Å². The molecule has 27 heavy (non-hydrogen) atoms. The molecule has 2 heterocycles. The average Bonchev–Trinajstić information content (AvgIpc) is 3.12. The summed E-state index contributed by atoms with van der Waals surface area (Å²) in [5.41, 5.74) is 2.62. The van der Waals surface area contributed by atoms with E-state index in [9.17, 15) is 4.79 Å². The Bertz CT molecular complexity index is 1120. The number of methoxy groups -OCH3 is 1. The summed E-state index contributed by atoms with van der Waals surface area (Å²) in [7, 11) is 1.63. The van der Waals surface area contributed by atoms with E-state index in [4.69, 9.17) is 9.84 Å². The molecule has 0 atom stereocenters. The van der Waals surface area contributed by atoms with Crippen molar-refractivity contribution in [3.63, 3.8) is 0 Å². The standard InChI is InChI=1S/C20H15N3O3Se/c1-26-15-5-2-12(3-6-15)16-10-19(22-11-21-16)23-14-4-7-17-13(8-14)9-18(27-17)20(24)25/h2-11H,1H3,(H,24,25)(H,21,22,23). The van der Waals surface area contributed by atoms with Crippen molar-refractivity contribution in [1.29, 1.82) is 0 Å². The number of hydrogen-bond donors (Lipinski definition) is 2. The van der Waals surface area contributed by atoms with Crippen molar-refractivity contribution in [1.82, 2.24) is 9.97 Å². The Morgan fingerprint density at radius 1 is 1.07 bits per heavy atom. The van der Waals surface area contributed by atoms with Gasteiger partial charge in [-0.25, -0.2) is 0 Å². The van der Waals surface area contributed by atoms with E-state index >= 15 is 0 Å². The van der Waals surface area contributed by atoms with Gasteiger partial charge in [-0.05, 0) is 0 Å². The van der Waals surface area contributed by atoms with Crippen LogP contribution in [0, 0.1) is 0 Å². The van der Waals surface area contributed by atoms with Crippen LogP contribution in [0.25, 0.3) is 20.9 Å². The summed E-state index contributed by atoms with van der Waals surface area (Å²) in [5.74, 6) is 0.613. The zero-order valence-corrected chi connectivity index (χ0v) is 16.1. The summed E-state index contributed by atoms with van der Waals surface area (Å²) in [6.07, 6.45) is 1.51. The van der Waals surface area contributed by atoms with Crippen molar-refractivity contribution in [2.45, 2.75) is 0 Å². The quantitative estimate of drug-likeness (QED) is 0.474. The van der Waals surface area contributed by atoms with Crippen LogP contribution in [-0.2, 0) is 0 Å². The Labute approximate surface area is 161 Å². The fourth-order valence-electron chi connectivity index (χ4n) is 2.72. The van der Waals surface area contributed by atoms with Gasteiger partial charge in [0, 0.05) is 0 Å². The molecule has 0 aliphatic heterocycles. The summed E-state index contributed by atoms with van der Waals surface area (Å²) in [5, 5.41) is 13.4. The Kier molecular flexibility index (Phi) is 4.62. The van der Waals surface area contributed by atoms with Gasteiger partial charge in [-0.15, -0.1) is 0 Å². The predicted octanol–water partition coefficient (Wildman–Crippen LogP) is 3.80. The van der Waals surface area contributed by atoms with Crippen LogP contribution in [0.3, 0.4) is 0 Å². The molecule has 2 aromatic carbocycles. The van der Waals surface area contributed by atoms with Crippen molar-refractivity contribution >= 4 is 41.6 Å². The van der Waals surface area contributed by atoms with E-state index in [2.05, 4.69) is 15.3 Å². The summed E-state index contributed by atoms with van der Waals surface area (Å²) in [6, 6.07) is 17.1. The summed E-state index contributed by atoms with van der Waals surface area (Å²) in [4.78, 5) is 19.8. The molecule has 0 radical (unpaired) electrons. The number of benzene rings is 2. The number of anilines is 2. The maximum absolute atomic E-state index is 11.2. The van der Waals surface area contributed by atoms with Crippen molar-refractivity contribution < 1.29 is 14.6 Å². The second kappa shape index (κ2) is 7.23. The van der Waals surface area contributed by atoms with Crippen molar-refractivity contribution in [2.75, 3.05) is 12.4 Å². The minimum atomic E-state index is -0.847. The van der Waals surface area contributed by atoms with E-state index in [1.165, 1.54) is 6.33 Å². The molecule has 7 heteroatoms. The number of carbonyl (C=O) groups is 1. The molecular weight excluding hydrogens is 409 g/mol. The number of hydrogen-bond acceptors (Lipinski definition) is 5. The molecule has 2 N–H and O–H groups in total. The SMILES string of the molecule is COc1ccc(-c2cc(Nc3ccc4[se]c(C(=O)O)cc4c3)ncn2)cc1. The van der Waals surface area contributed by atoms with E-state index in [0.717, 1.165) is 32.3 Å². The number of carboxylic acids is 1. The molecule has 0 saturated heterocycles. The van der Waals surface area contributed by atoms with Gasteiger partial charge in [0.2, 0.25) is 0 Å². The van der Waals surface area contributed by atoms with Crippen LogP contribution >= 0.6 is 0 Å². The molecule has 0 saturated carbocycles. The summed E-state index contributed by atoms with van der Waals surface area (Å²) in [6.45, 7) is 0. The molecule has 0 aliphatic rings. The van der Waals surface area contributed by atoms with Crippen LogP contribution in [0.2, 0.25) is 0 Å². The van der Waals surface area contributed by atoms with Gasteiger partial charge in [0.25, 0.3) is 0 Å². The molecule has 0 bridgehead atoms. The van der Waals surface area contributed by atoms with Gasteiger partial charge in [0.15, 0.2) is 0 Å². The van der Waals surface area contributed by atoms with Gasteiger partial charge in [0.1, 0.15) is 0 Å². The van der Waals surface area contributed by atoms with Crippen LogP contribution in [0.4, 0.5) is 11.5 Å². The molecule has 6 nitrogen and oxygen atoms in total. The monoisotopic (exact) mass is 425 g/mol. The number of nitrogens with zero attached hydrogens (tertiary/aromatic N) is 2. The fourth-order valence-corrected chi connectivity index (χ4v) is 4.57. The summed E-state index contributed by atoms with van der Waals surface area (Å²) >= 11 is -0.143. The van der Waals surface area contributed by atoms with E-state index in [1.807, 2.05) is 48.5 Å². The fraction of sp³-hybridized carbons (Fsp3) is 0.0500. The molecular formula is C20H15N3O3Se. The van der Waals surface area contributed by atoms with Crippen molar-refractivity contribution in [3.05, 3.63) is 65.4 Å². The maximum atomic E-state index is 11.2. The first-order chi connectivity index (χ1) is 13.1. The summed E-state index contributed by atoms with van der Waals surface area (Å²) < 4.78 is 6.73. The van der Waals surface area contributed by atoms with Gasteiger partial charge < -0.3 is 4.74 Å². The Hall–Kier alpha value is -3.15. The van der Waals surface area contributed by atoms with Gasteiger partial charge >= 0.3 is 149 Å².